The molecule has 0 spiro atoms. The fourth-order valence-corrected chi connectivity index (χ4v) is 3.56. The molecule has 1 aliphatic heterocycles. The molecule has 0 aliphatic carbocycles. The number of rotatable bonds is 3. The Labute approximate surface area is 110 Å². The number of hydrogen-bond donors (Lipinski definition) is 1. The summed E-state index contributed by atoms with van der Waals surface area (Å²) >= 11 is 0. The van der Waals surface area contributed by atoms with Crippen molar-refractivity contribution >= 4 is 25.4 Å². The van der Waals surface area contributed by atoms with E-state index in [2.05, 4.69) is 47.6 Å². The SMILES string of the molecule is C=PCc1cccc2[nH]cc(C3CCN(C)C3)c12. The van der Waals surface area contributed by atoms with Crippen molar-refractivity contribution < 1.29 is 0 Å². The van der Waals surface area contributed by atoms with Crippen molar-refractivity contribution in [2.75, 3.05) is 20.1 Å². The molecule has 0 bridgehead atoms. The minimum atomic E-state index is 0.686. The van der Waals surface area contributed by atoms with Crippen LogP contribution in [0.4, 0.5) is 0 Å². The molecule has 1 aliphatic rings. The molecule has 0 radical (unpaired) electrons. The Hall–Kier alpha value is -1.11. The third kappa shape index (κ3) is 2.00. The van der Waals surface area contributed by atoms with Crippen LogP contribution >= 0.6 is 8.20 Å². The molecule has 1 aromatic carbocycles. The van der Waals surface area contributed by atoms with E-state index in [4.69, 9.17) is 0 Å². The van der Waals surface area contributed by atoms with Gasteiger partial charge < -0.3 is 9.88 Å². The largest absolute Gasteiger partial charge is 0.361 e. The van der Waals surface area contributed by atoms with Crippen molar-refractivity contribution in [3.63, 3.8) is 0 Å². The summed E-state index contributed by atoms with van der Waals surface area (Å²) in [6.45, 7) is 2.40. The van der Waals surface area contributed by atoms with Crippen LogP contribution < -0.4 is 0 Å². The smallest absolute Gasteiger partial charge is 0.0459 e. The minimum Gasteiger partial charge on any atom is -0.361 e. The highest BCUT2D eigenvalue weighted by Gasteiger charge is 2.24. The molecule has 2 heterocycles. The van der Waals surface area contributed by atoms with Crippen LogP contribution in [0.25, 0.3) is 10.9 Å². The van der Waals surface area contributed by atoms with Gasteiger partial charge in [0.1, 0.15) is 0 Å². The standard InChI is InChI=1S/C15H19N2P/c1-17-7-6-11(9-17)13-8-16-14-5-3-4-12(10-18-2)15(13)14/h3-5,8,11,16H,2,6-7,9-10H2,1H3. The lowest BCUT2D eigenvalue weighted by Crippen LogP contribution is -2.13. The summed E-state index contributed by atoms with van der Waals surface area (Å²) in [5.74, 6) is 0.686. The van der Waals surface area contributed by atoms with E-state index in [1.165, 1.54) is 49.7 Å². The average Bonchev–Trinajstić information content (AvgIpc) is 2.96. The van der Waals surface area contributed by atoms with E-state index in [0.717, 1.165) is 6.16 Å². The highest BCUT2D eigenvalue weighted by molar-refractivity contribution is 7.35. The van der Waals surface area contributed by atoms with Gasteiger partial charge in [0.2, 0.25) is 0 Å². The lowest BCUT2D eigenvalue weighted by Gasteiger charge is -2.11. The summed E-state index contributed by atoms with van der Waals surface area (Å²) in [4.78, 5) is 5.86. The van der Waals surface area contributed by atoms with Gasteiger partial charge in [-0.1, -0.05) is 18.4 Å². The molecule has 3 rings (SSSR count). The fourth-order valence-electron chi connectivity index (χ4n) is 3.05. The van der Waals surface area contributed by atoms with Crippen LogP contribution in [-0.2, 0) is 6.16 Å². The summed E-state index contributed by atoms with van der Waals surface area (Å²) in [5.41, 5.74) is 4.23. The number of aromatic amines is 1. The third-order valence-corrected chi connectivity index (χ3v) is 4.50. The van der Waals surface area contributed by atoms with E-state index in [0.29, 0.717) is 5.92 Å². The molecule has 1 saturated heterocycles. The van der Waals surface area contributed by atoms with Gasteiger partial charge in [0.15, 0.2) is 0 Å². The Morgan fingerprint density at radius 2 is 2.39 bits per heavy atom. The summed E-state index contributed by atoms with van der Waals surface area (Å²) in [6, 6.07) is 6.57. The molecule has 2 aromatic rings. The van der Waals surface area contributed by atoms with E-state index in [9.17, 15) is 0 Å². The Morgan fingerprint density at radius 3 is 3.11 bits per heavy atom. The number of aromatic nitrogens is 1. The summed E-state index contributed by atoms with van der Waals surface area (Å²) in [5, 5.41) is 1.45. The number of benzene rings is 1. The molecule has 94 valence electrons. The number of H-pyrrole nitrogens is 1. The lowest BCUT2D eigenvalue weighted by atomic mass is 9.95. The summed E-state index contributed by atoms with van der Waals surface area (Å²) in [7, 11) is 3.41. The predicted molar refractivity (Wildman–Crippen MR) is 80.9 cm³/mol. The minimum absolute atomic E-state index is 0.686. The maximum atomic E-state index is 3.97. The van der Waals surface area contributed by atoms with Crippen LogP contribution in [0.15, 0.2) is 24.4 Å². The van der Waals surface area contributed by atoms with E-state index >= 15 is 0 Å². The zero-order valence-corrected chi connectivity index (χ0v) is 11.7. The number of fused-ring (bicyclic) bond motifs is 1. The Balaban J connectivity index is 2.09. The maximum Gasteiger partial charge on any atom is 0.0459 e. The first kappa shape index (κ1) is 12.0. The Bertz CT molecular complexity index is 573. The molecule has 0 saturated carbocycles. The van der Waals surface area contributed by atoms with Crippen molar-refractivity contribution in [1.82, 2.24) is 9.88 Å². The van der Waals surface area contributed by atoms with Gasteiger partial charge in [0, 0.05) is 29.8 Å². The number of nitrogens with zero attached hydrogens (tertiary/aromatic N) is 1. The van der Waals surface area contributed by atoms with Gasteiger partial charge in [-0.25, -0.2) is 0 Å². The van der Waals surface area contributed by atoms with Crippen LogP contribution in [0.2, 0.25) is 0 Å². The van der Waals surface area contributed by atoms with Gasteiger partial charge in [-0.05, 0) is 43.1 Å². The van der Waals surface area contributed by atoms with Crippen molar-refractivity contribution in [2.45, 2.75) is 18.5 Å². The number of likely N-dealkylation sites (tertiary alicyclic amines) is 1. The van der Waals surface area contributed by atoms with Crippen LogP contribution in [0.1, 0.15) is 23.5 Å². The molecule has 3 heteroatoms. The van der Waals surface area contributed by atoms with Crippen molar-refractivity contribution in [1.29, 1.82) is 0 Å². The van der Waals surface area contributed by atoms with Gasteiger partial charge in [0.25, 0.3) is 0 Å². The predicted octanol–water partition coefficient (Wildman–Crippen LogP) is 3.47. The Morgan fingerprint density at radius 1 is 1.50 bits per heavy atom. The first-order valence-electron chi connectivity index (χ1n) is 6.49. The highest BCUT2D eigenvalue weighted by Crippen LogP contribution is 2.34. The van der Waals surface area contributed by atoms with Crippen LogP contribution in [0.3, 0.4) is 0 Å². The van der Waals surface area contributed by atoms with Crippen molar-refractivity contribution in [2.24, 2.45) is 0 Å². The van der Waals surface area contributed by atoms with E-state index in [-0.39, 0.29) is 0 Å². The van der Waals surface area contributed by atoms with Crippen LogP contribution in [0.5, 0.6) is 0 Å². The van der Waals surface area contributed by atoms with E-state index < -0.39 is 0 Å². The second-order valence-electron chi connectivity index (χ2n) is 5.21. The van der Waals surface area contributed by atoms with E-state index in [1.54, 1.807) is 0 Å². The van der Waals surface area contributed by atoms with Crippen LogP contribution in [-0.4, -0.2) is 36.3 Å². The molecule has 0 amide bonds. The second-order valence-corrected chi connectivity index (χ2v) is 5.98. The quantitative estimate of drug-likeness (QED) is 0.835. The second kappa shape index (κ2) is 4.87. The number of likely N-dealkylation sites (N-methyl/N-ethyl adjacent to an activating group) is 1. The molecule has 1 fully saturated rings. The van der Waals surface area contributed by atoms with Gasteiger partial charge in [0.05, 0.1) is 0 Å². The fraction of sp³-hybridized carbons (Fsp3) is 0.400. The van der Waals surface area contributed by atoms with Gasteiger partial charge in [-0.2, -0.15) is 0 Å². The Kier molecular flexibility index (Phi) is 3.23. The molecule has 1 unspecified atom stereocenters. The zero-order valence-electron chi connectivity index (χ0n) is 10.8. The molecular weight excluding hydrogens is 239 g/mol. The lowest BCUT2D eigenvalue weighted by molar-refractivity contribution is 0.412. The summed E-state index contributed by atoms with van der Waals surface area (Å²) < 4.78 is 0. The molecule has 1 aromatic heterocycles. The summed E-state index contributed by atoms with van der Waals surface area (Å²) in [6.07, 6.45) is 8.51. The normalized spacial score (nSPS) is 21.1. The molecule has 2 nitrogen and oxygen atoms in total. The zero-order chi connectivity index (χ0) is 12.5. The molecule has 1 N–H and O–H groups in total. The average molecular weight is 258 g/mol. The highest BCUT2D eigenvalue weighted by atomic mass is 31.1. The molecular formula is C15H19N2P. The number of hydrogen-bond acceptors (Lipinski definition) is 1. The monoisotopic (exact) mass is 258 g/mol. The number of nitrogens with one attached hydrogen (secondary N) is 1. The van der Waals surface area contributed by atoms with E-state index in [1.807, 2.05) is 0 Å². The van der Waals surface area contributed by atoms with Gasteiger partial charge in [-0.15, -0.1) is 8.20 Å². The van der Waals surface area contributed by atoms with Gasteiger partial charge in [-0.3, -0.25) is 0 Å². The first-order valence-corrected chi connectivity index (χ1v) is 7.76. The first-order chi connectivity index (χ1) is 8.79. The van der Waals surface area contributed by atoms with Crippen LogP contribution in [0, 0.1) is 0 Å². The van der Waals surface area contributed by atoms with Crippen molar-refractivity contribution in [3.8, 4) is 0 Å². The van der Waals surface area contributed by atoms with Gasteiger partial charge >= 0.3 is 0 Å². The maximum absolute atomic E-state index is 3.97. The third-order valence-electron chi connectivity index (χ3n) is 3.94. The van der Waals surface area contributed by atoms with Crippen molar-refractivity contribution in [3.05, 3.63) is 35.5 Å². The topological polar surface area (TPSA) is 19.0 Å². The molecule has 1 atom stereocenters. The molecule has 18 heavy (non-hydrogen) atoms.